The lowest BCUT2D eigenvalue weighted by molar-refractivity contribution is 0.212. The van der Waals surface area contributed by atoms with E-state index in [9.17, 15) is 5.11 Å². The molecule has 0 spiro atoms. The predicted molar refractivity (Wildman–Crippen MR) is 125 cm³/mol. The largest absolute Gasteiger partial charge is 0.508 e. The summed E-state index contributed by atoms with van der Waals surface area (Å²) in [5.74, 6) is 0.154. The number of likely N-dealkylation sites (N-methyl/N-ethyl adjacent to an activating group) is 1. The molecule has 2 aromatic heterocycles. The third-order valence-electron chi connectivity index (χ3n) is 7.07. The van der Waals surface area contributed by atoms with Gasteiger partial charge in [0.1, 0.15) is 22.8 Å². The number of hydrogen-bond acceptors (Lipinski definition) is 7. The summed E-state index contributed by atoms with van der Waals surface area (Å²) in [6.45, 7) is 1.64. The predicted octanol–water partition coefficient (Wildman–Crippen LogP) is 3.98. The molecule has 8 heteroatoms. The molecule has 0 saturated carbocycles. The second-order valence-electron chi connectivity index (χ2n) is 8.89. The number of piperazine rings is 1. The molecular formula is C25H24FN5O2. The molecule has 2 aliphatic heterocycles. The van der Waals surface area contributed by atoms with Crippen LogP contribution in [0.4, 0.5) is 10.2 Å². The van der Waals surface area contributed by atoms with Crippen LogP contribution >= 0.6 is 0 Å². The average Bonchev–Trinajstić information content (AvgIpc) is 3.03. The maximum absolute atomic E-state index is 16.0. The van der Waals surface area contributed by atoms with Gasteiger partial charge in [-0.05, 0) is 42.8 Å². The Labute approximate surface area is 190 Å². The molecule has 2 saturated heterocycles. The Hall–Kier alpha value is -3.52. The first kappa shape index (κ1) is 20.1. The van der Waals surface area contributed by atoms with Gasteiger partial charge in [-0.2, -0.15) is 9.97 Å². The number of rotatable bonds is 3. The van der Waals surface area contributed by atoms with Crippen LogP contribution in [0.15, 0.2) is 42.6 Å². The Morgan fingerprint density at radius 2 is 1.82 bits per heavy atom. The Balaban J connectivity index is 1.54. The van der Waals surface area contributed by atoms with E-state index in [4.69, 9.17) is 4.74 Å². The summed E-state index contributed by atoms with van der Waals surface area (Å²) < 4.78 is 21.3. The van der Waals surface area contributed by atoms with Gasteiger partial charge in [-0.15, -0.1) is 0 Å². The summed E-state index contributed by atoms with van der Waals surface area (Å²) in [5, 5.41) is 12.4. The fourth-order valence-corrected chi connectivity index (χ4v) is 5.32. The van der Waals surface area contributed by atoms with Crippen LogP contribution in [0.25, 0.3) is 32.9 Å². The Bertz CT molecular complexity index is 1380. The highest BCUT2D eigenvalue weighted by molar-refractivity contribution is 5.99. The lowest BCUT2D eigenvalue weighted by Crippen LogP contribution is -2.52. The average molecular weight is 445 g/mol. The quantitative estimate of drug-likeness (QED) is 0.511. The van der Waals surface area contributed by atoms with Crippen LogP contribution < -0.4 is 9.64 Å². The van der Waals surface area contributed by atoms with E-state index in [1.54, 1.807) is 12.3 Å². The summed E-state index contributed by atoms with van der Waals surface area (Å²) in [5.41, 5.74) is 0.821. The third-order valence-corrected chi connectivity index (χ3v) is 7.07. The molecule has 4 aromatic rings. The van der Waals surface area contributed by atoms with E-state index in [0.717, 1.165) is 36.7 Å². The lowest BCUT2D eigenvalue weighted by Gasteiger charge is -2.39. The molecule has 2 fully saturated rings. The monoisotopic (exact) mass is 445 g/mol. The number of aromatic hydroxyl groups is 1. The molecule has 33 heavy (non-hydrogen) atoms. The van der Waals surface area contributed by atoms with Crippen molar-refractivity contribution in [3.05, 3.63) is 48.4 Å². The van der Waals surface area contributed by atoms with Crippen LogP contribution in [0.1, 0.15) is 12.8 Å². The Morgan fingerprint density at radius 3 is 2.58 bits per heavy atom. The van der Waals surface area contributed by atoms with Gasteiger partial charge in [-0.1, -0.05) is 24.3 Å². The number of nitrogens with zero attached hydrogens (tertiary/aromatic N) is 5. The zero-order chi connectivity index (χ0) is 22.7. The van der Waals surface area contributed by atoms with Gasteiger partial charge in [0.05, 0.1) is 12.5 Å². The van der Waals surface area contributed by atoms with E-state index in [0.29, 0.717) is 28.9 Å². The van der Waals surface area contributed by atoms with Crippen molar-refractivity contribution in [3.63, 3.8) is 0 Å². The smallest absolute Gasteiger partial charge is 0.318 e. The van der Waals surface area contributed by atoms with E-state index in [1.807, 2.05) is 24.3 Å². The maximum Gasteiger partial charge on any atom is 0.318 e. The topological polar surface area (TPSA) is 74.6 Å². The molecule has 7 nitrogen and oxygen atoms in total. The van der Waals surface area contributed by atoms with Crippen molar-refractivity contribution in [2.75, 3.05) is 32.1 Å². The van der Waals surface area contributed by atoms with Crippen molar-refractivity contribution >= 4 is 27.5 Å². The van der Waals surface area contributed by atoms with Gasteiger partial charge in [0.2, 0.25) is 0 Å². The standard InChI is InChI=1S/C25H24FN5O2/c1-30-15-7-8-16(30)13-31(12-15)24-20-11-27-22(21(26)23(20)28-25(29-24)33-2)19-10-17(32)9-14-5-3-4-6-18(14)19/h3-6,9-11,15-16,32H,7-8,12-13H2,1-2H3. The minimum absolute atomic E-state index is 0.0545. The molecule has 2 aromatic carbocycles. The number of aromatic nitrogens is 3. The number of pyridine rings is 1. The summed E-state index contributed by atoms with van der Waals surface area (Å²) in [4.78, 5) is 18.1. The van der Waals surface area contributed by atoms with Crippen LogP contribution in [-0.4, -0.2) is 64.3 Å². The van der Waals surface area contributed by atoms with E-state index in [1.165, 1.54) is 13.2 Å². The maximum atomic E-state index is 16.0. The molecule has 0 aliphatic carbocycles. The molecule has 6 rings (SSSR count). The highest BCUT2D eigenvalue weighted by atomic mass is 19.1. The highest BCUT2D eigenvalue weighted by Crippen LogP contribution is 2.38. The first-order valence-electron chi connectivity index (χ1n) is 11.1. The number of benzene rings is 2. The molecule has 2 unspecified atom stereocenters. The van der Waals surface area contributed by atoms with Crippen LogP contribution in [0.2, 0.25) is 0 Å². The fourth-order valence-electron chi connectivity index (χ4n) is 5.32. The molecule has 168 valence electrons. The van der Waals surface area contributed by atoms with Crippen LogP contribution in [0.5, 0.6) is 11.8 Å². The first-order chi connectivity index (χ1) is 16.0. The normalized spacial score (nSPS) is 20.6. The third kappa shape index (κ3) is 3.16. The number of phenolic OH excluding ortho intramolecular Hbond substituents is 1. The van der Waals surface area contributed by atoms with Gasteiger partial charge in [0.15, 0.2) is 5.82 Å². The van der Waals surface area contributed by atoms with Gasteiger partial charge in [0.25, 0.3) is 0 Å². The van der Waals surface area contributed by atoms with E-state index in [2.05, 4.69) is 31.8 Å². The minimum atomic E-state index is -0.553. The molecule has 2 aliphatic rings. The van der Waals surface area contributed by atoms with E-state index >= 15 is 4.39 Å². The SMILES string of the molecule is COc1nc(N2CC3CCC(C2)N3C)c2cnc(-c3cc(O)cc4ccccc34)c(F)c2n1. The van der Waals surface area contributed by atoms with Crippen molar-refractivity contribution in [2.24, 2.45) is 0 Å². The van der Waals surface area contributed by atoms with Gasteiger partial charge in [-0.25, -0.2) is 4.39 Å². The fraction of sp³-hybridized carbons (Fsp3) is 0.320. The van der Waals surface area contributed by atoms with Crippen LogP contribution in [0, 0.1) is 5.82 Å². The van der Waals surface area contributed by atoms with Crippen molar-refractivity contribution in [3.8, 4) is 23.0 Å². The zero-order valence-corrected chi connectivity index (χ0v) is 18.5. The molecule has 0 radical (unpaired) electrons. The number of halogens is 1. The number of ether oxygens (including phenoxy) is 1. The number of anilines is 1. The number of hydrogen-bond donors (Lipinski definition) is 1. The Kier molecular flexibility index (Phi) is 4.58. The van der Waals surface area contributed by atoms with Crippen LogP contribution in [-0.2, 0) is 0 Å². The Morgan fingerprint density at radius 1 is 1.06 bits per heavy atom. The molecule has 4 heterocycles. The summed E-state index contributed by atoms with van der Waals surface area (Å²) in [7, 11) is 3.66. The zero-order valence-electron chi connectivity index (χ0n) is 18.5. The van der Waals surface area contributed by atoms with E-state index < -0.39 is 5.82 Å². The number of fused-ring (bicyclic) bond motifs is 4. The van der Waals surface area contributed by atoms with Crippen molar-refractivity contribution in [1.29, 1.82) is 0 Å². The summed E-state index contributed by atoms with van der Waals surface area (Å²) >= 11 is 0. The molecule has 1 N–H and O–H groups in total. The second kappa shape index (κ2) is 7.52. The van der Waals surface area contributed by atoms with Gasteiger partial charge in [-0.3, -0.25) is 9.88 Å². The van der Waals surface area contributed by atoms with Crippen molar-refractivity contribution in [2.45, 2.75) is 24.9 Å². The molecular weight excluding hydrogens is 421 g/mol. The van der Waals surface area contributed by atoms with Crippen molar-refractivity contribution in [1.82, 2.24) is 19.9 Å². The molecule has 2 atom stereocenters. The van der Waals surface area contributed by atoms with Gasteiger partial charge >= 0.3 is 6.01 Å². The van der Waals surface area contributed by atoms with E-state index in [-0.39, 0.29) is 23.0 Å². The van der Waals surface area contributed by atoms with Crippen molar-refractivity contribution < 1.29 is 14.2 Å². The molecule has 0 amide bonds. The molecule has 2 bridgehead atoms. The number of phenols is 1. The van der Waals surface area contributed by atoms with Gasteiger partial charge in [0, 0.05) is 36.9 Å². The first-order valence-corrected chi connectivity index (χ1v) is 11.1. The lowest BCUT2D eigenvalue weighted by atomic mass is 10.00. The van der Waals surface area contributed by atoms with Gasteiger partial charge < -0.3 is 14.7 Å². The van der Waals surface area contributed by atoms with Crippen LogP contribution in [0.3, 0.4) is 0 Å². The number of methoxy groups -OCH3 is 1. The second-order valence-corrected chi connectivity index (χ2v) is 8.89. The summed E-state index contributed by atoms with van der Waals surface area (Å²) in [6.07, 6.45) is 3.94. The minimum Gasteiger partial charge on any atom is -0.508 e. The highest BCUT2D eigenvalue weighted by Gasteiger charge is 2.38. The summed E-state index contributed by atoms with van der Waals surface area (Å²) in [6, 6.07) is 11.8.